The molecule has 0 aromatic heterocycles. The highest BCUT2D eigenvalue weighted by Crippen LogP contribution is 2.41. The quantitative estimate of drug-likeness (QED) is 0.864. The summed E-state index contributed by atoms with van der Waals surface area (Å²) >= 11 is 0. The van der Waals surface area contributed by atoms with Gasteiger partial charge in [-0.05, 0) is 25.0 Å². The zero-order valence-electron chi connectivity index (χ0n) is 14.3. The Kier molecular flexibility index (Phi) is 3.82. The fourth-order valence-electron chi connectivity index (χ4n) is 3.67. The molecule has 1 fully saturated rings. The first-order chi connectivity index (χ1) is 10.8. The van der Waals surface area contributed by atoms with E-state index < -0.39 is 0 Å². The summed E-state index contributed by atoms with van der Waals surface area (Å²) in [5.41, 5.74) is 2.38. The van der Waals surface area contributed by atoms with Crippen LogP contribution in [0, 0.1) is 0 Å². The van der Waals surface area contributed by atoms with Crippen molar-refractivity contribution in [2.75, 3.05) is 19.6 Å². The summed E-state index contributed by atoms with van der Waals surface area (Å²) in [7, 11) is 0. The Morgan fingerprint density at radius 1 is 1.30 bits per heavy atom. The van der Waals surface area contributed by atoms with Crippen LogP contribution in [0.4, 0.5) is 4.79 Å². The molecule has 124 valence electrons. The number of nitrogens with zero attached hydrogens (tertiary/aromatic N) is 2. The molecule has 0 saturated carbocycles. The van der Waals surface area contributed by atoms with Crippen LogP contribution in [-0.4, -0.2) is 47.4 Å². The number of urea groups is 1. The van der Waals surface area contributed by atoms with E-state index in [0.29, 0.717) is 13.1 Å². The van der Waals surface area contributed by atoms with Gasteiger partial charge in [-0.25, -0.2) is 4.79 Å². The van der Waals surface area contributed by atoms with Crippen LogP contribution in [-0.2, 0) is 10.2 Å². The molecule has 5 heteroatoms. The average molecular weight is 315 g/mol. The predicted octanol–water partition coefficient (Wildman–Crippen LogP) is 2.28. The summed E-state index contributed by atoms with van der Waals surface area (Å²) in [6.45, 7) is 9.61. The lowest BCUT2D eigenvalue weighted by Crippen LogP contribution is -2.60. The zero-order chi connectivity index (χ0) is 16.8. The van der Waals surface area contributed by atoms with Gasteiger partial charge in [0.15, 0.2) is 0 Å². The third-order valence-electron chi connectivity index (χ3n) is 4.73. The summed E-state index contributed by atoms with van der Waals surface area (Å²) in [4.78, 5) is 28.5. The van der Waals surface area contributed by atoms with Gasteiger partial charge in [-0.3, -0.25) is 4.79 Å². The van der Waals surface area contributed by atoms with E-state index in [9.17, 15) is 9.59 Å². The van der Waals surface area contributed by atoms with Crippen LogP contribution in [0.3, 0.4) is 0 Å². The number of rotatable bonds is 1. The first kappa shape index (κ1) is 15.8. The van der Waals surface area contributed by atoms with E-state index >= 15 is 0 Å². The number of benzene rings is 1. The van der Waals surface area contributed by atoms with Gasteiger partial charge in [-0.2, -0.15) is 0 Å². The molecule has 3 rings (SSSR count). The van der Waals surface area contributed by atoms with E-state index in [1.165, 1.54) is 11.1 Å². The van der Waals surface area contributed by atoms with Crippen molar-refractivity contribution in [2.45, 2.75) is 45.2 Å². The largest absolute Gasteiger partial charge is 0.336 e. The number of carbonyl (C=O) groups is 2. The van der Waals surface area contributed by atoms with Gasteiger partial charge >= 0.3 is 6.03 Å². The fraction of sp³-hybridized carbons (Fsp3) is 0.556. The summed E-state index contributed by atoms with van der Waals surface area (Å²) in [6.07, 6.45) is 0. The van der Waals surface area contributed by atoms with Crippen molar-refractivity contribution >= 4 is 11.9 Å². The van der Waals surface area contributed by atoms with Crippen molar-refractivity contribution in [3.8, 4) is 0 Å². The molecule has 1 aromatic carbocycles. The predicted molar refractivity (Wildman–Crippen MR) is 89.2 cm³/mol. The second-order valence-corrected chi connectivity index (χ2v) is 7.49. The average Bonchev–Trinajstić information content (AvgIpc) is 2.47. The van der Waals surface area contributed by atoms with Gasteiger partial charge < -0.3 is 15.1 Å². The van der Waals surface area contributed by atoms with Gasteiger partial charge in [0.2, 0.25) is 5.91 Å². The Balaban J connectivity index is 1.93. The summed E-state index contributed by atoms with van der Waals surface area (Å²) in [5.74, 6) is 0.0303. The Morgan fingerprint density at radius 2 is 2.00 bits per heavy atom. The van der Waals surface area contributed by atoms with Gasteiger partial charge in [0.25, 0.3) is 0 Å². The molecule has 23 heavy (non-hydrogen) atoms. The number of nitrogens with one attached hydrogen (secondary N) is 1. The van der Waals surface area contributed by atoms with E-state index in [-0.39, 0.29) is 36.0 Å². The van der Waals surface area contributed by atoms with Gasteiger partial charge in [0.05, 0.1) is 6.04 Å². The lowest BCUT2D eigenvalue weighted by molar-refractivity contribution is -0.140. The fourth-order valence-corrected chi connectivity index (χ4v) is 3.67. The maximum atomic E-state index is 12.6. The Hall–Kier alpha value is -2.04. The normalized spacial score (nSPS) is 22.7. The van der Waals surface area contributed by atoms with E-state index in [2.05, 4.69) is 31.3 Å². The highest BCUT2D eigenvalue weighted by Gasteiger charge is 2.44. The smallest absolute Gasteiger partial charge is 0.318 e. The number of piperazine rings is 1. The van der Waals surface area contributed by atoms with Crippen molar-refractivity contribution in [3.05, 3.63) is 35.4 Å². The molecule has 1 saturated heterocycles. The van der Waals surface area contributed by atoms with Crippen molar-refractivity contribution in [3.63, 3.8) is 0 Å². The number of amides is 3. The van der Waals surface area contributed by atoms with E-state index in [1.807, 2.05) is 30.9 Å². The van der Waals surface area contributed by atoms with E-state index in [0.717, 1.165) is 0 Å². The Bertz CT molecular complexity index is 639. The molecule has 1 aromatic rings. The molecule has 5 nitrogen and oxygen atoms in total. The van der Waals surface area contributed by atoms with Crippen LogP contribution in [0.15, 0.2) is 24.3 Å². The van der Waals surface area contributed by atoms with Crippen molar-refractivity contribution in [1.29, 1.82) is 0 Å². The molecule has 1 unspecified atom stereocenters. The minimum absolute atomic E-state index is 0.0303. The first-order valence-corrected chi connectivity index (χ1v) is 8.24. The molecule has 0 spiro atoms. The zero-order valence-corrected chi connectivity index (χ0v) is 14.3. The van der Waals surface area contributed by atoms with Crippen LogP contribution < -0.4 is 5.32 Å². The van der Waals surface area contributed by atoms with Crippen LogP contribution in [0.5, 0.6) is 0 Å². The lowest BCUT2D eigenvalue weighted by atomic mass is 9.75. The molecule has 2 heterocycles. The second kappa shape index (κ2) is 5.55. The number of fused-ring (bicyclic) bond motifs is 3. The molecule has 2 aliphatic heterocycles. The highest BCUT2D eigenvalue weighted by atomic mass is 16.2. The van der Waals surface area contributed by atoms with Gasteiger partial charge in [0.1, 0.15) is 6.54 Å². The standard InChI is InChI=1S/C18H25N3O2/c1-12(2)19-17(23)20-9-15-13-7-5-6-8-14(13)18(3,4)11-21(15)16(22)10-20/h5-8,12,15H,9-11H2,1-4H3,(H,19,23). The van der Waals surface area contributed by atoms with Crippen LogP contribution in [0.2, 0.25) is 0 Å². The Morgan fingerprint density at radius 3 is 2.70 bits per heavy atom. The molecule has 2 aliphatic rings. The van der Waals surface area contributed by atoms with Crippen molar-refractivity contribution in [2.24, 2.45) is 0 Å². The third-order valence-corrected chi connectivity index (χ3v) is 4.73. The molecular weight excluding hydrogens is 290 g/mol. The minimum Gasteiger partial charge on any atom is -0.336 e. The number of hydrogen-bond donors (Lipinski definition) is 1. The van der Waals surface area contributed by atoms with Crippen LogP contribution in [0.1, 0.15) is 44.9 Å². The Labute approximate surface area is 137 Å². The summed E-state index contributed by atoms with van der Waals surface area (Å²) < 4.78 is 0. The van der Waals surface area contributed by atoms with Gasteiger partial charge in [-0.15, -0.1) is 0 Å². The van der Waals surface area contributed by atoms with Crippen molar-refractivity contribution in [1.82, 2.24) is 15.1 Å². The topological polar surface area (TPSA) is 52.7 Å². The molecule has 1 atom stereocenters. The summed E-state index contributed by atoms with van der Waals surface area (Å²) in [5, 5.41) is 2.88. The first-order valence-electron chi connectivity index (χ1n) is 8.24. The van der Waals surface area contributed by atoms with Gasteiger partial charge in [0, 0.05) is 24.5 Å². The van der Waals surface area contributed by atoms with E-state index in [1.54, 1.807) is 4.90 Å². The maximum Gasteiger partial charge on any atom is 0.318 e. The molecule has 3 amide bonds. The molecule has 0 radical (unpaired) electrons. The summed E-state index contributed by atoms with van der Waals surface area (Å²) in [6, 6.07) is 8.15. The minimum atomic E-state index is -0.157. The van der Waals surface area contributed by atoms with Crippen LogP contribution in [0.25, 0.3) is 0 Å². The molecular formula is C18H25N3O2. The third kappa shape index (κ3) is 2.80. The second-order valence-electron chi connectivity index (χ2n) is 7.49. The maximum absolute atomic E-state index is 12.6. The van der Waals surface area contributed by atoms with E-state index in [4.69, 9.17) is 0 Å². The molecule has 0 aliphatic carbocycles. The van der Waals surface area contributed by atoms with Gasteiger partial charge in [-0.1, -0.05) is 38.1 Å². The molecule has 0 bridgehead atoms. The monoisotopic (exact) mass is 315 g/mol. The lowest BCUT2D eigenvalue weighted by Gasteiger charge is -2.49. The molecule has 1 N–H and O–H groups in total. The SMILES string of the molecule is CC(C)NC(=O)N1CC(=O)N2CC(C)(C)c3ccccc3C2C1. The number of hydrogen-bond acceptors (Lipinski definition) is 2. The van der Waals surface area contributed by atoms with Crippen molar-refractivity contribution < 1.29 is 9.59 Å². The highest BCUT2D eigenvalue weighted by molar-refractivity contribution is 5.86. The number of carbonyl (C=O) groups excluding carboxylic acids is 2. The van der Waals surface area contributed by atoms with Crippen LogP contribution >= 0.6 is 0 Å².